The number of aromatic nitrogens is 1. The molecule has 6 nitrogen and oxygen atoms in total. The Morgan fingerprint density at radius 3 is 2.83 bits per heavy atom. The maximum atomic E-state index is 11.2. The molecule has 1 N–H and O–H groups in total. The molecule has 1 atom stereocenters. The van der Waals surface area contributed by atoms with Gasteiger partial charge in [-0.3, -0.25) is 15.5 Å². The van der Waals surface area contributed by atoms with Crippen LogP contribution in [0.1, 0.15) is 11.6 Å². The topological polar surface area (TPSA) is 89.0 Å². The molecular weight excluding hydrogens is 254 g/mol. The van der Waals surface area contributed by atoms with Crippen LogP contribution in [0.5, 0.6) is 0 Å². The second-order valence-electron chi connectivity index (χ2n) is 3.55. The van der Waals surface area contributed by atoms with Crippen LogP contribution < -0.4 is 4.80 Å². The minimum absolute atomic E-state index is 0.0679. The first kappa shape index (κ1) is 12.2. The molecule has 1 heterocycles. The highest BCUT2D eigenvalue weighted by molar-refractivity contribution is 7.06. The lowest BCUT2D eigenvalue weighted by atomic mass is 10.1. The van der Waals surface area contributed by atoms with Gasteiger partial charge >= 0.3 is 0 Å². The number of carbonyl (C=O) groups is 1. The predicted octanol–water partition coefficient (Wildman–Crippen LogP) is 1.73. The highest BCUT2D eigenvalue weighted by atomic mass is 32.1. The van der Waals surface area contributed by atoms with Crippen LogP contribution in [-0.2, 0) is 4.79 Å². The molecular formula is C11H9N3O3S. The third kappa shape index (κ3) is 2.21. The van der Waals surface area contributed by atoms with Crippen LogP contribution in [0, 0.1) is 15.5 Å². The average molecular weight is 263 g/mol. The van der Waals surface area contributed by atoms with Crippen LogP contribution in [0.3, 0.4) is 0 Å². The first-order chi connectivity index (χ1) is 8.63. The number of hydrogen-bond acceptors (Lipinski definition) is 5. The molecule has 2 aromatic rings. The van der Waals surface area contributed by atoms with Crippen molar-refractivity contribution >= 4 is 23.3 Å². The van der Waals surface area contributed by atoms with Gasteiger partial charge in [0.15, 0.2) is 4.80 Å². The molecule has 0 saturated heterocycles. The Kier molecular flexibility index (Phi) is 3.33. The van der Waals surface area contributed by atoms with E-state index in [1.165, 1.54) is 34.1 Å². The summed E-state index contributed by atoms with van der Waals surface area (Å²) in [7, 11) is 0. The standard InChI is InChI=1S/C11H9N3O3S/c12-11-13(4-5-18-11)10(7-15)8-2-1-3-9(6-8)14(16)17/h1-7,10,12H. The summed E-state index contributed by atoms with van der Waals surface area (Å²) >= 11 is 1.19. The highest BCUT2D eigenvalue weighted by Crippen LogP contribution is 2.20. The molecule has 0 radical (unpaired) electrons. The van der Waals surface area contributed by atoms with Gasteiger partial charge in [0.05, 0.1) is 4.92 Å². The molecule has 0 aliphatic carbocycles. The van der Waals surface area contributed by atoms with E-state index in [1.54, 1.807) is 17.6 Å². The fourth-order valence-corrected chi connectivity index (χ4v) is 2.25. The van der Waals surface area contributed by atoms with Crippen LogP contribution in [0.25, 0.3) is 0 Å². The average Bonchev–Trinajstić information content (AvgIpc) is 2.77. The number of nitrogens with zero attached hydrogens (tertiary/aromatic N) is 2. The smallest absolute Gasteiger partial charge is 0.269 e. The van der Waals surface area contributed by atoms with Crippen molar-refractivity contribution in [2.45, 2.75) is 6.04 Å². The number of aldehydes is 1. The summed E-state index contributed by atoms with van der Waals surface area (Å²) < 4.78 is 1.47. The zero-order valence-corrected chi connectivity index (χ0v) is 9.96. The number of nitrogens with one attached hydrogen (secondary N) is 1. The molecule has 92 valence electrons. The summed E-state index contributed by atoms with van der Waals surface area (Å²) in [5, 5.41) is 20.0. The minimum atomic E-state index is -0.705. The van der Waals surface area contributed by atoms with E-state index in [1.807, 2.05) is 0 Å². The Morgan fingerprint density at radius 1 is 1.50 bits per heavy atom. The van der Waals surface area contributed by atoms with Crippen molar-refractivity contribution in [3.63, 3.8) is 0 Å². The Labute approximate surface area is 106 Å². The Balaban J connectivity index is 2.49. The molecule has 0 saturated carbocycles. The molecule has 1 unspecified atom stereocenters. The zero-order valence-electron chi connectivity index (χ0n) is 9.15. The van der Waals surface area contributed by atoms with Crippen molar-refractivity contribution in [2.75, 3.05) is 0 Å². The van der Waals surface area contributed by atoms with Crippen molar-refractivity contribution in [1.82, 2.24) is 4.57 Å². The maximum absolute atomic E-state index is 11.2. The van der Waals surface area contributed by atoms with E-state index in [2.05, 4.69) is 0 Å². The summed E-state index contributed by atoms with van der Waals surface area (Å²) in [6, 6.07) is 5.18. The first-order valence-corrected chi connectivity index (χ1v) is 5.91. The molecule has 0 fully saturated rings. The van der Waals surface area contributed by atoms with E-state index in [4.69, 9.17) is 5.41 Å². The second-order valence-corrected chi connectivity index (χ2v) is 4.44. The van der Waals surface area contributed by atoms with Crippen LogP contribution in [-0.4, -0.2) is 15.8 Å². The largest absolute Gasteiger partial charge is 0.310 e. The van der Waals surface area contributed by atoms with Gasteiger partial charge in [0.1, 0.15) is 12.3 Å². The van der Waals surface area contributed by atoms with E-state index in [0.29, 0.717) is 11.8 Å². The van der Waals surface area contributed by atoms with E-state index in [0.717, 1.165) is 0 Å². The van der Waals surface area contributed by atoms with Crippen LogP contribution in [0.2, 0.25) is 0 Å². The Morgan fingerprint density at radius 2 is 2.28 bits per heavy atom. The lowest BCUT2D eigenvalue weighted by molar-refractivity contribution is -0.384. The maximum Gasteiger partial charge on any atom is 0.269 e. The number of nitro groups is 1. The van der Waals surface area contributed by atoms with Gasteiger partial charge in [-0.25, -0.2) is 0 Å². The number of hydrogen-bond donors (Lipinski definition) is 1. The molecule has 1 aromatic heterocycles. The third-order valence-corrected chi connectivity index (χ3v) is 3.18. The molecule has 0 aliphatic heterocycles. The number of thiazole rings is 1. The molecule has 1 aromatic carbocycles. The van der Waals surface area contributed by atoms with Crippen molar-refractivity contribution in [1.29, 1.82) is 5.41 Å². The van der Waals surface area contributed by atoms with Gasteiger partial charge < -0.3 is 9.36 Å². The Hall–Kier alpha value is -2.28. The van der Waals surface area contributed by atoms with Gasteiger partial charge in [-0.15, -0.1) is 11.3 Å². The van der Waals surface area contributed by atoms with Gasteiger partial charge in [0, 0.05) is 23.7 Å². The van der Waals surface area contributed by atoms with E-state index in [-0.39, 0.29) is 10.5 Å². The third-order valence-electron chi connectivity index (χ3n) is 2.49. The van der Waals surface area contributed by atoms with Crippen LogP contribution in [0.15, 0.2) is 35.8 Å². The summed E-state index contributed by atoms with van der Waals surface area (Å²) in [5.74, 6) is 0. The summed E-state index contributed by atoms with van der Waals surface area (Å²) in [5.41, 5.74) is 0.429. The lowest BCUT2D eigenvalue weighted by Crippen LogP contribution is -2.21. The van der Waals surface area contributed by atoms with E-state index < -0.39 is 11.0 Å². The molecule has 7 heteroatoms. The quantitative estimate of drug-likeness (QED) is 0.517. The van der Waals surface area contributed by atoms with Gasteiger partial charge in [-0.2, -0.15) is 0 Å². The van der Waals surface area contributed by atoms with Gasteiger partial charge in [0.2, 0.25) is 0 Å². The fourth-order valence-electron chi connectivity index (χ4n) is 1.64. The van der Waals surface area contributed by atoms with E-state index >= 15 is 0 Å². The fraction of sp³-hybridized carbons (Fsp3) is 0.0909. The molecule has 0 bridgehead atoms. The summed E-state index contributed by atoms with van der Waals surface area (Å²) in [4.78, 5) is 21.6. The molecule has 18 heavy (non-hydrogen) atoms. The Bertz CT molecular complexity index is 647. The van der Waals surface area contributed by atoms with Gasteiger partial charge in [0.25, 0.3) is 5.69 Å². The summed E-state index contributed by atoms with van der Waals surface area (Å²) in [6.45, 7) is 0. The number of benzene rings is 1. The SMILES string of the molecule is N=c1sccn1C(C=O)c1cccc([N+](=O)[O-])c1. The molecule has 0 aliphatic rings. The zero-order chi connectivity index (χ0) is 13.1. The molecule has 0 spiro atoms. The number of carbonyl (C=O) groups excluding carboxylic acids is 1. The minimum Gasteiger partial charge on any atom is -0.310 e. The number of rotatable bonds is 4. The molecule has 0 amide bonds. The van der Waals surface area contributed by atoms with E-state index in [9.17, 15) is 14.9 Å². The lowest BCUT2D eigenvalue weighted by Gasteiger charge is -2.11. The predicted molar refractivity (Wildman–Crippen MR) is 65.5 cm³/mol. The monoisotopic (exact) mass is 263 g/mol. The van der Waals surface area contributed by atoms with Gasteiger partial charge in [-0.05, 0) is 5.56 Å². The van der Waals surface area contributed by atoms with Crippen LogP contribution >= 0.6 is 11.3 Å². The normalized spacial score (nSPS) is 12.0. The van der Waals surface area contributed by atoms with Crippen molar-refractivity contribution < 1.29 is 9.72 Å². The summed E-state index contributed by atoms with van der Waals surface area (Å²) in [6.07, 6.45) is 2.29. The van der Waals surface area contributed by atoms with Crippen molar-refractivity contribution in [3.05, 3.63) is 56.3 Å². The van der Waals surface area contributed by atoms with Crippen molar-refractivity contribution in [3.8, 4) is 0 Å². The van der Waals surface area contributed by atoms with Crippen LogP contribution in [0.4, 0.5) is 5.69 Å². The highest BCUT2D eigenvalue weighted by Gasteiger charge is 2.16. The number of non-ortho nitro benzene ring substituents is 1. The first-order valence-electron chi connectivity index (χ1n) is 5.03. The molecule has 2 rings (SSSR count). The second kappa shape index (κ2) is 4.92. The van der Waals surface area contributed by atoms with Gasteiger partial charge in [-0.1, -0.05) is 12.1 Å². The van der Waals surface area contributed by atoms with Crippen molar-refractivity contribution in [2.24, 2.45) is 0 Å². The number of nitro benzene ring substituents is 1.